The maximum absolute atomic E-state index is 13.2. The number of phenols is 2. The van der Waals surface area contributed by atoms with Crippen molar-refractivity contribution in [2.24, 2.45) is 20.5 Å². The van der Waals surface area contributed by atoms with Crippen molar-refractivity contribution in [2.75, 3.05) is 10.6 Å². The van der Waals surface area contributed by atoms with E-state index in [0.717, 1.165) is 24.3 Å². The molecular formula is C41H28N6NaO15S4+. The number of nitrogens with zero attached hydrogens (tertiary/aromatic N) is 4. The smallest absolute Gasteiger partial charge is 0.505 e. The summed E-state index contributed by atoms with van der Waals surface area (Å²) >= 11 is 0. The van der Waals surface area contributed by atoms with Crippen LogP contribution in [0.2, 0.25) is 0 Å². The van der Waals surface area contributed by atoms with Gasteiger partial charge in [-0.25, -0.2) is 4.79 Å². The average Bonchev–Trinajstić information content (AvgIpc) is 3.23. The van der Waals surface area contributed by atoms with Crippen LogP contribution in [0.5, 0.6) is 11.5 Å². The van der Waals surface area contributed by atoms with Gasteiger partial charge in [0.05, 0.1) is 11.4 Å². The Morgan fingerprint density at radius 1 is 0.403 bits per heavy atom. The van der Waals surface area contributed by atoms with E-state index in [1.165, 1.54) is 84.9 Å². The Balaban J connectivity index is 0.00000666. The van der Waals surface area contributed by atoms with Crippen molar-refractivity contribution < 1.29 is 96.4 Å². The molecule has 8 N–H and O–H groups in total. The van der Waals surface area contributed by atoms with Gasteiger partial charge in [0.1, 0.15) is 31.0 Å². The molecule has 2 amide bonds. The summed E-state index contributed by atoms with van der Waals surface area (Å²) < 4.78 is 137. The molecule has 0 saturated heterocycles. The second-order valence-corrected chi connectivity index (χ2v) is 19.7. The Morgan fingerprint density at radius 2 is 0.746 bits per heavy atom. The first-order valence-corrected chi connectivity index (χ1v) is 24.2. The molecule has 0 aliphatic carbocycles. The number of carbonyl (C=O) groups excluding carboxylic acids is 1. The zero-order valence-electron chi connectivity index (χ0n) is 33.8. The molecule has 0 radical (unpaired) electrons. The number of rotatable bonds is 10. The minimum atomic E-state index is -5.10. The molecule has 26 heteroatoms. The number of hydrogen-bond acceptors (Lipinski definition) is 15. The standard InChI is InChI=1S/C41H28N6O15S4.Na/c48-39-25-11-9-23(17-21(25)19-35(65(57,58)59)37(39)46-44-31-13-15-33(63(51,52)53)29-7-3-1-5-27(29)31)42-41(50)43-24-10-12-26-22(18-24)20-36(66(60,61)62)38(40(26)49)47-45-32-14-16-34(64(54,55)56)30-8-4-2-6-28(30)32;/h1-20,48-49H,(H2,42,43,50)(H,51,52,53)(H,54,55,56)(H,57,58,59)(H,60,61,62);/q;+1. The molecule has 67 heavy (non-hydrogen) atoms. The number of carbonyl (C=O) groups is 1. The summed E-state index contributed by atoms with van der Waals surface area (Å²) in [6, 6.07) is 25.1. The molecule has 0 fully saturated rings. The predicted octanol–water partition coefficient (Wildman–Crippen LogP) is 6.18. The molecule has 0 heterocycles. The van der Waals surface area contributed by atoms with Crippen LogP contribution in [0.1, 0.15) is 0 Å². The first kappa shape index (κ1) is 48.4. The van der Waals surface area contributed by atoms with Crippen LogP contribution in [-0.4, -0.2) is 68.1 Å². The number of benzene rings is 8. The summed E-state index contributed by atoms with van der Waals surface area (Å²) in [5.74, 6) is -1.48. The maximum atomic E-state index is 13.2. The van der Waals surface area contributed by atoms with E-state index < -0.39 is 89.0 Å². The number of azo groups is 2. The summed E-state index contributed by atoms with van der Waals surface area (Å²) in [5.41, 5.74) is -1.24. The maximum Gasteiger partial charge on any atom is 1.00 e. The van der Waals surface area contributed by atoms with Gasteiger partial charge in [-0.15, -0.1) is 20.5 Å². The quantitative estimate of drug-likeness (QED) is 0.0431. The number of fused-ring (bicyclic) bond motifs is 4. The first-order valence-electron chi connectivity index (χ1n) is 18.4. The van der Waals surface area contributed by atoms with Gasteiger partial charge in [-0.05, 0) is 83.6 Å². The van der Waals surface area contributed by atoms with Crippen molar-refractivity contribution in [2.45, 2.75) is 19.6 Å². The molecule has 0 aliphatic heterocycles. The van der Waals surface area contributed by atoms with E-state index in [4.69, 9.17) is 0 Å². The second-order valence-electron chi connectivity index (χ2n) is 14.2. The van der Waals surface area contributed by atoms with Crippen molar-refractivity contribution in [3.8, 4) is 11.5 Å². The Bertz CT molecular complexity index is 3690. The fourth-order valence-electron chi connectivity index (χ4n) is 7.08. The molecule has 0 unspecified atom stereocenters. The van der Waals surface area contributed by atoms with Crippen molar-refractivity contribution in [1.29, 1.82) is 0 Å². The number of amides is 2. The summed E-state index contributed by atoms with van der Waals surface area (Å²) in [7, 11) is -19.5. The zero-order valence-corrected chi connectivity index (χ0v) is 39.1. The largest absolute Gasteiger partial charge is 1.00 e. The first-order chi connectivity index (χ1) is 31.0. The van der Waals surface area contributed by atoms with Crippen molar-refractivity contribution in [3.05, 3.63) is 121 Å². The molecule has 8 aromatic rings. The van der Waals surface area contributed by atoms with E-state index in [9.17, 15) is 66.9 Å². The van der Waals surface area contributed by atoms with Crippen LogP contribution >= 0.6 is 0 Å². The Hall–Kier alpha value is -6.49. The SMILES string of the molecule is O=C(Nc1ccc2c(O)c(N=Nc3ccc(S(=O)(=O)O)c4ccccc34)c(S(=O)(=O)O)cc2c1)Nc1ccc2c(O)c(N=Nc3ccc(S(=O)(=O)O)c4ccccc34)c(S(=O)(=O)O)cc2c1.[Na+]. The Morgan fingerprint density at radius 3 is 1.09 bits per heavy atom. The minimum absolute atomic E-state index is 0. The summed E-state index contributed by atoms with van der Waals surface area (Å²) in [4.78, 5) is 10.6. The number of phenolic OH excluding ortho intramolecular Hbond substituents is 2. The number of aromatic hydroxyl groups is 2. The van der Waals surface area contributed by atoms with Gasteiger partial charge in [-0.1, -0.05) is 48.5 Å². The van der Waals surface area contributed by atoms with Crippen molar-refractivity contribution in [1.82, 2.24) is 0 Å². The minimum Gasteiger partial charge on any atom is -0.505 e. The zero-order chi connectivity index (χ0) is 47.5. The van der Waals surface area contributed by atoms with Gasteiger partial charge in [0.15, 0.2) is 11.5 Å². The molecule has 8 rings (SSSR count). The molecule has 0 aromatic heterocycles. The molecule has 0 atom stereocenters. The molecule has 336 valence electrons. The van der Waals surface area contributed by atoms with E-state index in [2.05, 4.69) is 31.1 Å². The summed E-state index contributed by atoms with van der Waals surface area (Å²) in [6.07, 6.45) is 0. The van der Waals surface area contributed by atoms with Gasteiger partial charge in [0, 0.05) is 43.7 Å². The summed E-state index contributed by atoms with van der Waals surface area (Å²) in [5, 5.41) is 43.7. The molecule has 8 aromatic carbocycles. The van der Waals surface area contributed by atoms with Crippen molar-refractivity contribution in [3.63, 3.8) is 0 Å². The van der Waals surface area contributed by atoms with Gasteiger partial charge < -0.3 is 20.8 Å². The molecule has 0 saturated carbocycles. The number of hydrogen-bond donors (Lipinski definition) is 8. The fraction of sp³-hybridized carbons (Fsp3) is 0. The molecule has 21 nitrogen and oxygen atoms in total. The average molecular weight is 996 g/mol. The normalized spacial score (nSPS) is 12.6. The fourth-order valence-corrected chi connectivity index (χ4v) is 9.79. The molecule has 0 aliphatic rings. The van der Waals surface area contributed by atoms with Crippen LogP contribution in [0, 0.1) is 0 Å². The van der Waals surface area contributed by atoms with E-state index in [-0.39, 0.29) is 95.4 Å². The van der Waals surface area contributed by atoms with Crippen molar-refractivity contribution >= 4 is 124 Å². The molecule has 0 bridgehead atoms. The second kappa shape index (κ2) is 18.0. The van der Waals surface area contributed by atoms with Gasteiger partial charge in [-0.2, -0.15) is 33.7 Å². The number of anilines is 2. The third-order valence-corrected chi connectivity index (χ3v) is 13.5. The van der Waals surface area contributed by atoms with Crippen LogP contribution in [0.3, 0.4) is 0 Å². The van der Waals surface area contributed by atoms with Crippen LogP contribution in [0.15, 0.2) is 161 Å². The van der Waals surface area contributed by atoms with Gasteiger partial charge in [0.2, 0.25) is 0 Å². The van der Waals surface area contributed by atoms with Crippen LogP contribution < -0.4 is 40.2 Å². The van der Waals surface area contributed by atoms with Crippen LogP contribution in [-0.2, 0) is 40.5 Å². The molecular weight excluding hydrogens is 968 g/mol. The van der Waals surface area contributed by atoms with E-state index in [0.29, 0.717) is 0 Å². The third kappa shape index (κ3) is 9.83. The van der Waals surface area contributed by atoms with Gasteiger partial charge in [-0.3, -0.25) is 18.2 Å². The van der Waals surface area contributed by atoms with Crippen LogP contribution in [0.25, 0.3) is 43.1 Å². The van der Waals surface area contributed by atoms with Gasteiger partial charge >= 0.3 is 35.6 Å². The summed E-state index contributed by atoms with van der Waals surface area (Å²) in [6.45, 7) is 0. The monoisotopic (exact) mass is 995 g/mol. The Labute approximate surface area is 400 Å². The topological polar surface area (TPSA) is 349 Å². The van der Waals surface area contributed by atoms with E-state index in [1.54, 1.807) is 12.1 Å². The number of urea groups is 1. The molecule has 0 spiro atoms. The number of nitrogens with one attached hydrogen (secondary N) is 2. The predicted molar refractivity (Wildman–Crippen MR) is 239 cm³/mol. The third-order valence-electron chi connectivity index (χ3n) is 9.97. The van der Waals surface area contributed by atoms with E-state index >= 15 is 0 Å². The van der Waals surface area contributed by atoms with E-state index in [1.807, 2.05) is 0 Å². The Kier molecular flexibility index (Phi) is 13.0. The van der Waals surface area contributed by atoms with Gasteiger partial charge in [0.25, 0.3) is 40.5 Å². The van der Waals surface area contributed by atoms with Crippen LogP contribution in [0.4, 0.5) is 38.9 Å².